The van der Waals surface area contributed by atoms with Crippen LogP contribution in [0.4, 0.5) is 0 Å². The number of nitrogens with one attached hydrogen (secondary N) is 1. The standard InChI is InChI=1S/C15H23NO2/c1-15(7-9-18-10-8-15)12-16-11-14(17)13-5-3-2-4-6-13/h2-6,14,16-17H,7-12H2,1H3. The van der Waals surface area contributed by atoms with Crippen LogP contribution in [0.25, 0.3) is 0 Å². The van der Waals surface area contributed by atoms with Crippen LogP contribution in [-0.2, 0) is 4.74 Å². The van der Waals surface area contributed by atoms with Crippen molar-refractivity contribution >= 4 is 0 Å². The largest absolute Gasteiger partial charge is 0.387 e. The van der Waals surface area contributed by atoms with Crippen molar-refractivity contribution in [1.82, 2.24) is 5.32 Å². The second-order valence-electron chi connectivity index (χ2n) is 5.48. The monoisotopic (exact) mass is 249 g/mol. The predicted octanol–water partition coefficient (Wildman–Crippen LogP) is 2.13. The van der Waals surface area contributed by atoms with Crippen LogP contribution in [-0.4, -0.2) is 31.4 Å². The average molecular weight is 249 g/mol. The van der Waals surface area contributed by atoms with Crippen molar-refractivity contribution in [2.24, 2.45) is 5.41 Å². The number of aliphatic hydroxyl groups excluding tert-OH is 1. The Morgan fingerprint density at radius 2 is 1.94 bits per heavy atom. The van der Waals surface area contributed by atoms with Gasteiger partial charge in [0, 0.05) is 26.3 Å². The van der Waals surface area contributed by atoms with Crippen LogP contribution in [0.5, 0.6) is 0 Å². The van der Waals surface area contributed by atoms with Gasteiger partial charge in [0.1, 0.15) is 0 Å². The normalized spacial score (nSPS) is 20.6. The molecular formula is C15H23NO2. The molecule has 1 aliphatic heterocycles. The van der Waals surface area contributed by atoms with Crippen LogP contribution in [0.2, 0.25) is 0 Å². The van der Waals surface area contributed by atoms with Crippen molar-refractivity contribution < 1.29 is 9.84 Å². The van der Waals surface area contributed by atoms with Crippen molar-refractivity contribution in [3.63, 3.8) is 0 Å². The third-order valence-corrected chi connectivity index (χ3v) is 3.77. The zero-order chi connectivity index (χ0) is 12.8. The van der Waals surface area contributed by atoms with Crippen LogP contribution in [0.15, 0.2) is 30.3 Å². The number of hydrogen-bond donors (Lipinski definition) is 2. The maximum atomic E-state index is 10.0. The summed E-state index contributed by atoms with van der Waals surface area (Å²) in [6.07, 6.45) is 1.78. The molecular weight excluding hydrogens is 226 g/mol. The van der Waals surface area contributed by atoms with E-state index in [0.29, 0.717) is 12.0 Å². The van der Waals surface area contributed by atoms with Gasteiger partial charge in [0.15, 0.2) is 0 Å². The summed E-state index contributed by atoms with van der Waals surface area (Å²) in [7, 11) is 0. The Bertz CT molecular complexity index is 347. The fraction of sp³-hybridized carbons (Fsp3) is 0.600. The SMILES string of the molecule is CC1(CNCC(O)c2ccccc2)CCOCC1. The quantitative estimate of drug-likeness (QED) is 0.840. The van der Waals surface area contributed by atoms with Crippen molar-refractivity contribution in [2.75, 3.05) is 26.3 Å². The van der Waals surface area contributed by atoms with Crippen molar-refractivity contribution in [2.45, 2.75) is 25.9 Å². The van der Waals surface area contributed by atoms with Crippen molar-refractivity contribution in [3.8, 4) is 0 Å². The maximum Gasteiger partial charge on any atom is 0.0914 e. The molecule has 3 heteroatoms. The van der Waals surface area contributed by atoms with Gasteiger partial charge in [-0.15, -0.1) is 0 Å². The fourth-order valence-corrected chi connectivity index (χ4v) is 2.34. The van der Waals surface area contributed by atoms with Crippen LogP contribution in [0.3, 0.4) is 0 Å². The topological polar surface area (TPSA) is 41.5 Å². The Labute approximate surface area is 109 Å². The predicted molar refractivity (Wildman–Crippen MR) is 72.4 cm³/mol. The summed E-state index contributed by atoms with van der Waals surface area (Å²) in [6.45, 7) is 5.57. The molecule has 0 saturated carbocycles. The fourth-order valence-electron chi connectivity index (χ4n) is 2.34. The Hall–Kier alpha value is -0.900. The molecule has 3 nitrogen and oxygen atoms in total. The molecule has 1 unspecified atom stereocenters. The lowest BCUT2D eigenvalue weighted by Crippen LogP contribution is -2.38. The molecule has 1 aromatic rings. The molecule has 2 rings (SSSR count). The van der Waals surface area contributed by atoms with Gasteiger partial charge < -0.3 is 15.2 Å². The van der Waals surface area contributed by atoms with Gasteiger partial charge in [-0.3, -0.25) is 0 Å². The minimum Gasteiger partial charge on any atom is -0.387 e. The van der Waals surface area contributed by atoms with E-state index in [2.05, 4.69) is 12.2 Å². The van der Waals surface area contributed by atoms with Crippen molar-refractivity contribution in [3.05, 3.63) is 35.9 Å². The molecule has 0 aromatic heterocycles. The Kier molecular flexibility index (Phi) is 4.75. The van der Waals surface area contributed by atoms with Gasteiger partial charge in [0.25, 0.3) is 0 Å². The molecule has 0 radical (unpaired) electrons. The van der Waals surface area contributed by atoms with Crippen LogP contribution in [0.1, 0.15) is 31.4 Å². The molecule has 0 amide bonds. The number of rotatable bonds is 5. The van der Waals surface area contributed by atoms with E-state index in [0.717, 1.165) is 38.2 Å². The van der Waals surface area contributed by atoms with Crippen LogP contribution >= 0.6 is 0 Å². The lowest BCUT2D eigenvalue weighted by Gasteiger charge is -2.34. The third kappa shape index (κ3) is 3.80. The molecule has 1 fully saturated rings. The Balaban J connectivity index is 1.75. The molecule has 1 atom stereocenters. The minimum atomic E-state index is -0.422. The Morgan fingerprint density at radius 3 is 2.61 bits per heavy atom. The summed E-state index contributed by atoms with van der Waals surface area (Å²) >= 11 is 0. The first-order chi connectivity index (χ1) is 8.70. The smallest absolute Gasteiger partial charge is 0.0914 e. The van der Waals surface area contributed by atoms with Gasteiger partial charge in [0.2, 0.25) is 0 Å². The summed E-state index contributed by atoms with van der Waals surface area (Å²) in [5.41, 5.74) is 1.29. The first-order valence-electron chi connectivity index (χ1n) is 6.71. The summed E-state index contributed by atoms with van der Waals surface area (Å²) in [5.74, 6) is 0. The van der Waals surface area contributed by atoms with E-state index in [1.54, 1.807) is 0 Å². The van der Waals surface area contributed by atoms with E-state index in [4.69, 9.17) is 4.74 Å². The maximum absolute atomic E-state index is 10.0. The lowest BCUT2D eigenvalue weighted by molar-refractivity contribution is 0.0227. The molecule has 0 bridgehead atoms. The second-order valence-corrected chi connectivity index (χ2v) is 5.48. The van der Waals surface area contributed by atoms with Crippen LogP contribution in [0, 0.1) is 5.41 Å². The van der Waals surface area contributed by atoms with E-state index in [9.17, 15) is 5.11 Å². The summed E-state index contributed by atoms with van der Waals surface area (Å²) in [4.78, 5) is 0. The number of ether oxygens (including phenoxy) is 1. The third-order valence-electron chi connectivity index (χ3n) is 3.77. The van der Waals surface area contributed by atoms with Gasteiger partial charge in [-0.25, -0.2) is 0 Å². The average Bonchev–Trinajstić information content (AvgIpc) is 2.40. The Morgan fingerprint density at radius 1 is 1.28 bits per heavy atom. The molecule has 1 saturated heterocycles. The second kappa shape index (κ2) is 6.32. The zero-order valence-electron chi connectivity index (χ0n) is 11.1. The van der Waals surface area contributed by atoms with E-state index in [-0.39, 0.29) is 0 Å². The van der Waals surface area contributed by atoms with Gasteiger partial charge in [0.05, 0.1) is 6.10 Å². The van der Waals surface area contributed by atoms with Crippen molar-refractivity contribution in [1.29, 1.82) is 0 Å². The van der Waals surface area contributed by atoms with E-state index >= 15 is 0 Å². The van der Waals surface area contributed by atoms with Gasteiger partial charge in [-0.2, -0.15) is 0 Å². The van der Waals surface area contributed by atoms with Gasteiger partial charge in [-0.1, -0.05) is 37.3 Å². The first-order valence-corrected chi connectivity index (χ1v) is 6.71. The molecule has 1 aromatic carbocycles. The summed E-state index contributed by atoms with van der Waals surface area (Å²) in [5, 5.41) is 13.4. The highest BCUT2D eigenvalue weighted by Crippen LogP contribution is 2.28. The van der Waals surface area contributed by atoms with E-state index in [1.807, 2.05) is 30.3 Å². The molecule has 18 heavy (non-hydrogen) atoms. The molecule has 1 aliphatic rings. The first kappa shape index (κ1) is 13.5. The highest BCUT2D eigenvalue weighted by Gasteiger charge is 2.26. The van der Waals surface area contributed by atoms with E-state index in [1.165, 1.54) is 0 Å². The lowest BCUT2D eigenvalue weighted by atomic mass is 9.82. The summed E-state index contributed by atoms with van der Waals surface area (Å²) in [6, 6.07) is 9.80. The van der Waals surface area contributed by atoms with Crippen LogP contribution < -0.4 is 5.32 Å². The van der Waals surface area contributed by atoms with Gasteiger partial charge in [-0.05, 0) is 23.8 Å². The minimum absolute atomic E-state index is 0.314. The molecule has 1 heterocycles. The molecule has 100 valence electrons. The molecule has 0 aliphatic carbocycles. The van der Waals surface area contributed by atoms with Gasteiger partial charge >= 0.3 is 0 Å². The highest BCUT2D eigenvalue weighted by molar-refractivity contribution is 5.17. The highest BCUT2D eigenvalue weighted by atomic mass is 16.5. The number of hydrogen-bond acceptors (Lipinski definition) is 3. The van der Waals surface area contributed by atoms with E-state index < -0.39 is 6.10 Å². The molecule has 0 spiro atoms. The zero-order valence-corrected chi connectivity index (χ0v) is 11.1. The number of benzene rings is 1. The number of aliphatic hydroxyl groups is 1. The summed E-state index contributed by atoms with van der Waals surface area (Å²) < 4.78 is 5.38. The molecule has 2 N–H and O–H groups in total.